The van der Waals surface area contributed by atoms with Crippen LogP contribution >= 0.6 is 23.2 Å². The lowest BCUT2D eigenvalue weighted by atomic mass is 10.1. The van der Waals surface area contributed by atoms with Gasteiger partial charge in [0.15, 0.2) is 0 Å². The SMILES string of the molecule is OC(CCl)(CCl)CC#Cc1ccccc1. The first kappa shape index (κ1) is 12.4. The van der Waals surface area contributed by atoms with Crippen LogP contribution in [0.3, 0.4) is 0 Å². The molecule has 0 saturated carbocycles. The van der Waals surface area contributed by atoms with Crippen molar-refractivity contribution >= 4 is 23.2 Å². The molecule has 0 fully saturated rings. The van der Waals surface area contributed by atoms with Crippen LogP contribution < -0.4 is 0 Å². The molecule has 0 aliphatic rings. The van der Waals surface area contributed by atoms with Crippen LogP contribution in [-0.4, -0.2) is 22.5 Å². The van der Waals surface area contributed by atoms with E-state index in [-0.39, 0.29) is 18.2 Å². The molecule has 0 amide bonds. The number of hydrogen-bond acceptors (Lipinski definition) is 1. The maximum Gasteiger partial charge on any atom is 0.103 e. The minimum absolute atomic E-state index is 0.0972. The number of aliphatic hydroxyl groups is 1. The van der Waals surface area contributed by atoms with Crippen LogP contribution in [0, 0.1) is 11.8 Å². The van der Waals surface area contributed by atoms with Gasteiger partial charge < -0.3 is 5.11 Å². The van der Waals surface area contributed by atoms with Gasteiger partial charge in [0.05, 0.1) is 11.8 Å². The van der Waals surface area contributed by atoms with E-state index in [9.17, 15) is 5.11 Å². The summed E-state index contributed by atoms with van der Waals surface area (Å²) in [6.45, 7) is 0. The van der Waals surface area contributed by atoms with Crippen molar-refractivity contribution in [1.29, 1.82) is 0 Å². The lowest BCUT2D eigenvalue weighted by Gasteiger charge is -2.18. The smallest absolute Gasteiger partial charge is 0.103 e. The number of rotatable bonds is 3. The predicted octanol–water partition coefficient (Wildman–Crippen LogP) is 2.64. The maximum atomic E-state index is 9.74. The fourth-order valence-corrected chi connectivity index (χ4v) is 1.44. The summed E-state index contributed by atoms with van der Waals surface area (Å²) in [5.41, 5.74) is -0.158. The van der Waals surface area contributed by atoms with Gasteiger partial charge in [0.2, 0.25) is 0 Å². The fraction of sp³-hybridized carbons (Fsp3) is 0.333. The first-order valence-electron chi connectivity index (χ1n) is 4.58. The zero-order valence-electron chi connectivity index (χ0n) is 8.21. The molecule has 0 saturated heterocycles. The molecule has 0 heterocycles. The van der Waals surface area contributed by atoms with E-state index < -0.39 is 5.60 Å². The Morgan fingerprint density at radius 1 is 1.13 bits per heavy atom. The third-order valence-electron chi connectivity index (χ3n) is 1.92. The minimum Gasteiger partial charge on any atom is -0.386 e. The van der Waals surface area contributed by atoms with E-state index in [1.165, 1.54) is 0 Å². The molecule has 3 heteroatoms. The summed E-state index contributed by atoms with van der Waals surface area (Å²) in [4.78, 5) is 0. The Kier molecular flexibility index (Phi) is 4.98. The second-order valence-corrected chi connectivity index (χ2v) is 3.87. The van der Waals surface area contributed by atoms with E-state index in [0.717, 1.165) is 5.56 Å². The van der Waals surface area contributed by atoms with Crippen molar-refractivity contribution in [2.45, 2.75) is 12.0 Å². The van der Waals surface area contributed by atoms with Crippen LogP contribution in [-0.2, 0) is 0 Å². The largest absolute Gasteiger partial charge is 0.386 e. The molecule has 1 N–H and O–H groups in total. The molecule has 1 nitrogen and oxygen atoms in total. The molecule has 0 spiro atoms. The van der Waals surface area contributed by atoms with Gasteiger partial charge in [0, 0.05) is 12.0 Å². The topological polar surface area (TPSA) is 20.2 Å². The highest BCUT2D eigenvalue weighted by Gasteiger charge is 2.23. The predicted molar refractivity (Wildman–Crippen MR) is 64.3 cm³/mol. The lowest BCUT2D eigenvalue weighted by molar-refractivity contribution is 0.0935. The van der Waals surface area contributed by atoms with Crippen molar-refractivity contribution in [1.82, 2.24) is 0 Å². The molecule has 0 unspecified atom stereocenters. The Labute approximate surface area is 100 Å². The van der Waals surface area contributed by atoms with E-state index in [0.29, 0.717) is 0 Å². The summed E-state index contributed by atoms with van der Waals surface area (Å²) in [6.07, 6.45) is 0.287. The molecule has 0 atom stereocenters. The molecule has 0 aliphatic carbocycles. The van der Waals surface area contributed by atoms with E-state index >= 15 is 0 Å². The van der Waals surface area contributed by atoms with Gasteiger partial charge in [0.25, 0.3) is 0 Å². The van der Waals surface area contributed by atoms with Crippen LogP contribution in [0.4, 0.5) is 0 Å². The van der Waals surface area contributed by atoms with Gasteiger partial charge in [-0.25, -0.2) is 0 Å². The number of hydrogen-bond donors (Lipinski definition) is 1. The number of alkyl halides is 2. The Hall–Kier alpha value is -0.680. The van der Waals surface area contributed by atoms with E-state index in [2.05, 4.69) is 11.8 Å². The minimum atomic E-state index is -1.08. The molecule has 15 heavy (non-hydrogen) atoms. The molecule has 0 radical (unpaired) electrons. The Bertz CT molecular complexity index is 347. The number of halogens is 2. The van der Waals surface area contributed by atoms with Crippen LogP contribution in [0.2, 0.25) is 0 Å². The third-order valence-corrected chi connectivity index (χ3v) is 2.92. The van der Waals surface area contributed by atoms with E-state index in [1.807, 2.05) is 30.3 Å². The molecule has 80 valence electrons. The summed E-state index contributed by atoms with van der Waals surface area (Å²) in [5.74, 6) is 6.01. The number of benzene rings is 1. The van der Waals surface area contributed by atoms with Crippen molar-refractivity contribution in [2.24, 2.45) is 0 Å². The molecule has 0 bridgehead atoms. The highest BCUT2D eigenvalue weighted by molar-refractivity contribution is 6.21. The molecule has 0 aliphatic heterocycles. The van der Waals surface area contributed by atoms with Gasteiger partial charge in [-0.1, -0.05) is 30.0 Å². The lowest BCUT2D eigenvalue weighted by Crippen LogP contribution is -2.32. The van der Waals surface area contributed by atoms with Crippen LogP contribution in [0.25, 0.3) is 0 Å². The van der Waals surface area contributed by atoms with Crippen molar-refractivity contribution in [3.05, 3.63) is 35.9 Å². The second-order valence-electron chi connectivity index (χ2n) is 3.34. The van der Waals surface area contributed by atoms with Crippen LogP contribution in [0.5, 0.6) is 0 Å². The van der Waals surface area contributed by atoms with Gasteiger partial charge in [-0.15, -0.1) is 23.2 Å². The quantitative estimate of drug-likeness (QED) is 0.639. The van der Waals surface area contributed by atoms with Crippen LogP contribution in [0.1, 0.15) is 12.0 Å². The summed E-state index contributed by atoms with van der Waals surface area (Å²) >= 11 is 11.2. The second kappa shape index (κ2) is 6.02. The molecule has 0 aromatic heterocycles. The normalized spacial score (nSPS) is 10.6. The van der Waals surface area contributed by atoms with Gasteiger partial charge in [0.1, 0.15) is 5.60 Å². The first-order chi connectivity index (χ1) is 7.20. The van der Waals surface area contributed by atoms with Crippen molar-refractivity contribution in [3.63, 3.8) is 0 Å². The highest BCUT2D eigenvalue weighted by atomic mass is 35.5. The Morgan fingerprint density at radius 3 is 2.27 bits per heavy atom. The Balaban J connectivity index is 2.61. The van der Waals surface area contributed by atoms with Gasteiger partial charge in [-0.2, -0.15) is 0 Å². The summed E-state index contributed by atoms with van der Waals surface area (Å²) in [7, 11) is 0. The monoisotopic (exact) mass is 242 g/mol. The van der Waals surface area contributed by atoms with Gasteiger partial charge in [-0.3, -0.25) is 0 Å². The van der Waals surface area contributed by atoms with Gasteiger partial charge in [-0.05, 0) is 12.1 Å². The average Bonchev–Trinajstić information content (AvgIpc) is 2.30. The van der Waals surface area contributed by atoms with Crippen molar-refractivity contribution < 1.29 is 5.11 Å². The first-order valence-corrected chi connectivity index (χ1v) is 5.65. The van der Waals surface area contributed by atoms with E-state index in [4.69, 9.17) is 23.2 Å². The Morgan fingerprint density at radius 2 is 1.73 bits per heavy atom. The van der Waals surface area contributed by atoms with Crippen molar-refractivity contribution in [2.75, 3.05) is 11.8 Å². The third kappa shape index (κ3) is 4.13. The molecule has 1 aromatic rings. The van der Waals surface area contributed by atoms with Gasteiger partial charge >= 0.3 is 0 Å². The summed E-state index contributed by atoms with van der Waals surface area (Å²) < 4.78 is 0. The molecule has 1 rings (SSSR count). The van der Waals surface area contributed by atoms with Crippen molar-refractivity contribution in [3.8, 4) is 11.8 Å². The van der Waals surface area contributed by atoms with Crippen LogP contribution in [0.15, 0.2) is 30.3 Å². The molecular formula is C12H12Cl2O. The maximum absolute atomic E-state index is 9.74. The zero-order valence-corrected chi connectivity index (χ0v) is 9.72. The van der Waals surface area contributed by atoms with E-state index in [1.54, 1.807) is 0 Å². The zero-order chi connectivity index (χ0) is 11.1. The fourth-order valence-electron chi connectivity index (χ4n) is 0.962. The summed E-state index contributed by atoms with van der Waals surface area (Å²) in [6, 6.07) is 9.58. The molecular weight excluding hydrogens is 231 g/mol. The highest BCUT2D eigenvalue weighted by Crippen LogP contribution is 2.13. The standard InChI is InChI=1S/C12H12Cl2O/c13-9-12(15,10-14)8-4-7-11-5-2-1-3-6-11/h1-3,5-6,15H,8-10H2. The average molecular weight is 243 g/mol. The molecule has 1 aromatic carbocycles. The summed E-state index contributed by atoms with van der Waals surface area (Å²) in [5, 5.41) is 9.74.